The molecule has 19 heavy (non-hydrogen) atoms. The van der Waals surface area contributed by atoms with E-state index in [1.165, 1.54) is 6.92 Å². The van der Waals surface area contributed by atoms with Crippen LogP contribution in [-0.4, -0.2) is 33.9 Å². The SMILES string of the molecule is Cc1[nH]c(=O)sc1C(=O)NC(CCC(N)=O)C(=O)O. The second-order valence-electron chi connectivity index (χ2n) is 3.84. The van der Waals surface area contributed by atoms with E-state index in [0.717, 1.165) is 0 Å². The molecule has 104 valence electrons. The molecule has 2 amide bonds. The second kappa shape index (κ2) is 6.14. The van der Waals surface area contributed by atoms with Crippen LogP contribution in [0.5, 0.6) is 0 Å². The molecule has 1 aromatic heterocycles. The van der Waals surface area contributed by atoms with Gasteiger partial charge in [0.25, 0.3) is 5.91 Å². The third kappa shape index (κ3) is 4.21. The van der Waals surface area contributed by atoms with Crippen LogP contribution in [0.2, 0.25) is 0 Å². The van der Waals surface area contributed by atoms with E-state index in [-0.39, 0.29) is 17.7 Å². The summed E-state index contributed by atoms with van der Waals surface area (Å²) in [7, 11) is 0. The minimum atomic E-state index is -1.27. The van der Waals surface area contributed by atoms with Crippen molar-refractivity contribution in [3.8, 4) is 0 Å². The number of carboxylic acids is 1. The summed E-state index contributed by atoms with van der Waals surface area (Å²) in [6, 6.07) is -1.23. The number of aliphatic carboxylic acids is 1. The first-order valence-corrected chi connectivity index (χ1v) is 6.14. The van der Waals surface area contributed by atoms with Gasteiger partial charge < -0.3 is 21.1 Å². The van der Waals surface area contributed by atoms with Crippen LogP contribution in [0.1, 0.15) is 28.2 Å². The molecule has 0 aliphatic rings. The highest BCUT2D eigenvalue weighted by molar-refractivity contribution is 7.11. The maximum Gasteiger partial charge on any atom is 0.326 e. The molecule has 0 saturated carbocycles. The van der Waals surface area contributed by atoms with E-state index in [0.29, 0.717) is 17.0 Å². The molecule has 0 radical (unpaired) electrons. The first-order valence-electron chi connectivity index (χ1n) is 5.33. The number of primary amides is 1. The van der Waals surface area contributed by atoms with Crippen LogP contribution in [0.3, 0.4) is 0 Å². The molecule has 9 heteroatoms. The molecule has 8 nitrogen and oxygen atoms in total. The molecule has 1 atom stereocenters. The van der Waals surface area contributed by atoms with Crippen molar-refractivity contribution in [1.29, 1.82) is 0 Å². The predicted octanol–water partition coefficient (Wildman–Crippen LogP) is -0.807. The Labute approximate surface area is 111 Å². The molecule has 1 heterocycles. The summed E-state index contributed by atoms with van der Waals surface area (Å²) in [5.41, 5.74) is 5.29. The Balaban J connectivity index is 2.76. The van der Waals surface area contributed by atoms with Crippen LogP contribution in [-0.2, 0) is 9.59 Å². The van der Waals surface area contributed by atoms with Crippen molar-refractivity contribution in [2.45, 2.75) is 25.8 Å². The second-order valence-corrected chi connectivity index (χ2v) is 4.82. The van der Waals surface area contributed by atoms with Crippen molar-refractivity contribution in [2.24, 2.45) is 5.73 Å². The minimum Gasteiger partial charge on any atom is -0.480 e. The van der Waals surface area contributed by atoms with E-state index in [1.54, 1.807) is 0 Å². The summed E-state index contributed by atoms with van der Waals surface area (Å²) in [6.45, 7) is 1.53. The van der Waals surface area contributed by atoms with Gasteiger partial charge in [0.15, 0.2) is 0 Å². The summed E-state index contributed by atoms with van der Waals surface area (Å²) in [5, 5.41) is 11.2. The number of aromatic nitrogens is 1. The number of nitrogens with two attached hydrogens (primary N) is 1. The Hall–Kier alpha value is -2.16. The average Bonchev–Trinajstić information content (AvgIpc) is 2.62. The number of carboxylic acid groups (broad SMARTS) is 1. The Morgan fingerprint density at radius 2 is 2.11 bits per heavy atom. The van der Waals surface area contributed by atoms with Crippen molar-refractivity contribution in [1.82, 2.24) is 10.3 Å². The number of nitrogens with one attached hydrogen (secondary N) is 2. The lowest BCUT2D eigenvalue weighted by atomic mass is 10.1. The standard InChI is InChI=1S/C10H13N3O5S/c1-4-7(19-10(18)12-4)8(15)13-5(9(16)17)2-3-6(11)14/h5H,2-3H2,1H3,(H2,11,14)(H,12,18)(H,13,15)(H,16,17). The number of thiazole rings is 1. The minimum absolute atomic E-state index is 0.102. The van der Waals surface area contributed by atoms with Crippen molar-refractivity contribution in [3.63, 3.8) is 0 Å². The maximum atomic E-state index is 11.8. The molecular weight excluding hydrogens is 274 g/mol. The summed E-state index contributed by atoms with van der Waals surface area (Å²) in [5.74, 6) is -2.59. The zero-order chi connectivity index (χ0) is 14.6. The molecular formula is C10H13N3O5S. The Kier molecular flexibility index (Phi) is 4.81. The fraction of sp³-hybridized carbons (Fsp3) is 0.400. The number of H-pyrrole nitrogens is 1. The fourth-order valence-electron chi connectivity index (χ4n) is 1.39. The van der Waals surface area contributed by atoms with Crippen LogP contribution in [0, 0.1) is 6.92 Å². The predicted molar refractivity (Wildman–Crippen MR) is 67.0 cm³/mol. The average molecular weight is 287 g/mol. The lowest BCUT2D eigenvalue weighted by molar-refractivity contribution is -0.139. The fourth-order valence-corrected chi connectivity index (χ4v) is 2.13. The molecule has 0 saturated heterocycles. The van der Waals surface area contributed by atoms with E-state index in [9.17, 15) is 19.2 Å². The number of aromatic amines is 1. The first-order chi connectivity index (χ1) is 8.81. The molecule has 0 aliphatic heterocycles. The van der Waals surface area contributed by atoms with Gasteiger partial charge in [-0.25, -0.2) is 4.79 Å². The highest BCUT2D eigenvalue weighted by Gasteiger charge is 2.23. The summed E-state index contributed by atoms with van der Waals surface area (Å²) in [4.78, 5) is 46.5. The summed E-state index contributed by atoms with van der Waals surface area (Å²) in [6.07, 6.45) is -0.256. The Bertz CT molecular complexity index is 562. The van der Waals surface area contributed by atoms with Gasteiger partial charge in [-0.3, -0.25) is 14.4 Å². The van der Waals surface area contributed by atoms with Gasteiger partial charge in [0, 0.05) is 12.1 Å². The van der Waals surface area contributed by atoms with Crippen molar-refractivity contribution in [2.75, 3.05) is 0 Å². The highest BCUT2D eigenvalue weighted by atomic mass is 32.1. The van der Waals surface area contributed by atoms with Gasteiger partial charge in [0.2, 0.25) is 5.91 Å². The van der Waals surface area contributed by atoms with Gasteiger partial charge in [-0.1, -0.05) is 11.3 Å². The molecule has 1 unspecified atom stereocenters. The molecule has 0 aliphatic carbocycles. The van der Waals surface area contributed by atoms with Crippen LogP contribution in [0.15, 0.2) is 4.79 Å². The Morgan fingerprint density at radius 1 is 1.47 bits per heavy atom. The normalized spacial score (nSPS) is 11.8. The zero-order valence-corrected chi connectivity index (χ0v) is 10.9. The largest absolute Gasteiger partial charge is 0.480 e. The smallest absolute Gasteiger partial charge is 0.326 e. The van der Waals surface area contributed by atoms with Crippen LogP contribution in [0.4, 0.5) is 0 Å². The Morgan fingerprint density at radius 3 is 2.53 bits per heavy atom. The van der Waals surface area contributed by atoms with Gasteiger partial charge in [-0.05, 0) is 13.3 Å². The van der Waals surface area contributed by atoms with E-state index in [1.807, 2.05) is 0 Å². The topological polar surface area (TPSA) is 142 Å². The third-order valence-electron chi connectivity index (χ3n) is 2.31. The van der Waals surface area contributed by atoms with Crippen molar-refractivity contribution >= 4 is 29.1 Å². The summed E-state index contributed by atoms with van der Waals surface area (Å²) < 4.78 is 0. The molecule has 1 rings (SSSR count). The summed E-state index contributed by atoms with van der Waals surface area (Å²) >= 11 is 0.693. The lowest BCUT2D eigenvalue weighted by Crippen LogP contribution is -2.41. The maximum absolute atomic E-state index is 11.8. The van der Waals surface area contributed by atoms with Crippen LogP contribution < -0.4 is 15.9 Å². The number of amides is 2. The van der Waals surface area contributed by atoms with Gasteiger partial charge in [0.05, 0.1) is 0 Å². The van der Waals surface area contributed by atoms with Gasteiger partial charge >= 0.3 is 10.8 Å². The van der Waals surface area contributed by atoms with Gasteiger partial charge in [-0.15, -0.1) is 0 Å². The molecule has 5 N–H and O–H groups in total. The molecule has 1 aromatic rings. The van der Waals surface area contributed by atoms with Crippen LogP contribution in [0.25, 0.3) is 0 Å². The lowest BCUT2D eigenvalue weighted by Gasteiger charge is -2.13. The molecule has 0 bridgehead atoms. The number of carbonyl (C=O) groups is 3. The number of rotatable bonds is 6. The van der Waals surface area contributed by atoms with E-state index < -0.39 is 28.7 Å². The first kappa shape index (κ1) is 14.9. The van der Waals surface area contributed by atoms with Gasteiger partial charge in [0.1, 0.15) is 10.9 Å². The van der Waals surface area contributed by atoms with Crippen molar-refractivity contribution < 1.29 is 19.5 Å². The number of carbonyl (C=O) groups excluding carboxylic acids is 2. The highest BCUT2D eigenvalue weighted by Crippen LogP contribution is 2.09. The van der Waals surface area contributed by atoms with E-state index in [2.05, 4.69) is 10.3 Å². The molecule has 0 fully saturated rings. The monoisotopic (exact) mass is 287 g/mol. The zero-order valence-electron chi connectivity index (χ0n) is 10.1. The molecule has 0 spiro atoms. The quantitative estimate of drug-likeness (QED) is 0.541. The molecule has 0 aromatic carbocycles. The van der Waals surface area contributed by atoms with Gasteiger partial charge in [-0.2, -0.15) is 0 Å². The van der Waals surface area contributed by atoms with E-state index in [4.69, 9.17) is 10.8 Å². The third-order valence-corrected chi connectivity index (χ3v) is 3.30. The number of aryl methyl sites for hydroxylation is 1. The van der Waals surface area contributed by atoms with Crippen LogP contribution >= 0.6 is 11.3 Å². The van der Waals surface area contributed by atoms with E-state index >= 15 is 0 Å². The number of hydrogen-bond donors (Lipinski definition) is 4. The van der Waals surface area contributed by atoms with Crippen molar-refractivity contribution in [3.05, 3.63) is 20.2 Å². The number of hydrogen-bond acceptors (Lipinski definition) is 5.